The van der Waals surface area contributed by atoms with Gasteiger partial charge in [0.2, 0.25) is 0 Å². The number of aromatic nitrogens is 2. The topological polar surface area (TPSA) is 81.2 Å². The zero-order valence-corrected chi connectivity index (χ0v) is 26.7. The minimum Gasteiger partial charge on any atom is -0.309 e. The molecule has 9 aromatic rings. The number of para-hydroxylation sites is 4. The van der Waals surface area contributed by atoms with Crippen LogP contribution in [0, 0.1) is 34.0 Å². The van der Waals surface area contributed by atoms with E-state index in [0.29, 0.717) is 16.7 Å². The Balaban J connectivity index is 1.31. The Hall–Kier alpha value is -7.39. The van der Waals surface area contributed by atoms with Crippen LogP contribution < -0.4 is 0 Å². The average molecular weight is 636 g/mol. The van der Waals surface area contributed by atoms with Gasteiger partial charge in [-0.3, -0.25) is 0 Å². The van der Waals surface area contributed by atoms with E-state index in [1.165, 1.54) is 10.8 Å². The predicted molar refractivity (Wildman–Crippen MR) is 200 cm³/mol. The van der Waals surface area contributed by atoms with E-state index >= 15 is 0 Å². The molecule has 5 nitrogen and oxygen atoms in total. The lowest BCUT2D eigenvalue weighted by atomic mass is 9.91. The fourth-order valence-electron chi connectivity index (χ4n) is 7.52. The van der Waals surface area contributed by atoms with Gasteiger partial charge >= 0.3 is 0 Å². The largest absolute Gasteiger partial charge is 0.309 e. The molecular weight excluding hydrogens is 611 g/mol. The third kappa shape index (κ3) is 4.24. The number of fused-ring (bicyclic) bond motifs is 6. The Morgan fingerprint density at radius 2 is 0.980 bits per heavy atom. The van der Waals surface area contributed by atoms with Crippen molar-refractivity contribution in [2.75, 3.05) is 0 Å². The summed E-state index contributed by atoms with van der Waals surface area (Å²) < 4.78 is 4.40. The van der Waals surface area contributed by atoms with Crippen LogP contribution in [0.3, 0.4) is 0 Å². The highest BCUT2D eigenvalue weighted by Crippen LogP contribution is 2.42. The van der Waals surface area contributed by atoms with Gasteiger partial charge in [-0.1, -0.05) is 91.0 Å². The summed E-state index contributed by atoms with van der Waals surface area (Å²) in [5.74, 6) is 0. The van der Waals surface area contributed by atoms with Crippen molar-refractivity contribution < 1.29 is 0 Å². The smallest absolute Gasteiger partial charge is 0.101 e. The molecular formula is C45H25N5. The van der Waals surface area contributed by atoms with Crippen LogP contribution in [0.2, 0.25) is 0 Å². The molecule has 9 rings (SSSR count). The van der Waals surface area contributed by atoms with Gasteiger partial charge in [0.05, 0.1) is 56.6 Å². The van der Waals surface area contributed by atoms with Gasteiger partial charge in [-0.15, -0.1) is 0 Å². The zero-order chi connectivity index (χ0) is 33.8. The summed E-state index contributed by atoms with van der Waals surface area (Å²) in [6, 6.07) is 57.8. The van der Waals surface area contributed by atoms with E-state index in [2.05, 4.69) is 106 Å². The minimum atomic E-state index is 0.547. The van der Waals surface area contributed by atoms with Crippen molar-refractivity contribution >= 4 is 43.6 Å². The van der Waals surface area contributed by atoms with Crippen LogP contribution in [0.1, 0.15) is 16.7 Å². The van der Waals surface area contributed by atoms with Crippen molar-refractivity contribution in [3.8, 4) is 51.8 Å². The molecule has 0 aliphatic heterocycles. The lowest BCUT2D eigenvalue weighted by Gasteiger charge is -2.18. The number of benzene rings is 7. The molecule has 5 heteroatoms. The quantitative estimate of drug-likeness (QED) is 0.193. The van der Waals surface area contributed by atoms with Crippen molar-refractivity contribution in [3.05, 3.63) is 168 Å². The molecule has 0 radical (unpaired) electrons. The highest BCUT2D eigenvalue weighted by molar-refractivity contribution is 6.12. The summed E-state index contributed by atoms with van der Waals surface area (Å²) in [5.41, 5.74) is 11.1. The molecule has 2 aromatic heterocycles. The van der Waals surface area contributed by atoms with Crippen molar-refractivity contribution in [2.45, 2.75) is 0 Å². The molecule has 0 bridgehead atoms. The molecule has 0 saturated heterocycles. The Kier molecular flexibility index (Phi) is 6.56. The molecule has 0 N–H and O–H groups in total. The molecule has 0 spiro atoms. The molecule has 50 heavy (non-hydrogen) atoms. The predicted octanol–water partition coefficient (Wildman–Crippen LogP) is 10.8. The highest BCUT2D eigenvalue weighted by Gasteiger charge is 2.21. The number of hydrogen-bond acceptors (Lipinski definition) is 3. The van der Waals surface area contributed by atoms with Gasteiger partial charge in [-0.25, -0.2) is 0 Å². The van der Waals surface area contributed by atoms with Gasteiger partial charge in [-0.05, 0) is 71.8 Å². The molecule has 0 saturated carbocycles. The van der Waals surface area contributed by atoms with Gasteiger partial charge in [0.1, 0.15) is 6.07 Å². The van der Waals surface area contributed by atoms with Crippen LogP contribution in [0.4, 0.5) is 0 Å². The lowest BCUT2D eigenvalue weighted by molar-refractivity contribution is 1.17. The van der Waals surface area contributed by atoms with Crippen LogP contribution in [-0.4, -0.2) is 9.13 Å². The number of rotatable bonds is 4. The highest BCUT2D eigenvalue weighted by atomic mass is 15.0. The summed E-state index contributed by atoms with van der Waals surface area (Å²) in [7, 11) is 0. The Morgan fingerprint density at radius 1 is 0.380 bits per heavy atom. The summed E-state index contributed by atoms with van der Waals surface area (Å²) in [4.78, 5) is 0. The van der Waals surface area contributed by atoms with Crippen molar-refractivity contribution in [1.82, 2.24) is 9.13 Å². The van der Waals surface area contributed by atoms with Gasteiger partial charge in [0, 0.05) is 38.4 Å². The van der Waals surface area contributed by atoms with E-state index < -0.39 is 0 Å². The maximum Gasteiger partial charge on any atom is 0.101 e. The maximum absolute atomic E-state index is 10.4. The third-order valence-corrected chi connectivity index (χ3v) is 9.65. The van der Waals surface area contributed by atoms with E-state index in [0.717, 1.165) is 66.5 Å². The fourth-order valence-corrected chi connectivity index (χ4v) is 7.52. The second-order valence-corrected chi connectivity index (χ2v) is 12.3. The van der Waals surface area contributed by atoms with Crippen molar-refractivity contribution in [2.24, 2.45) is 0 Å². The second-order valence-electron chi connectivity index (χ2n) is 12.3. The molecule has 0 amide bonds. The molecule has 0 fully saturated rings. The number of nitriles is 3. The van der Waals surface area contributed by atoms with Crippen LogP contribution in [0.15, 0.2) is 152 Å². The first kappa shape index (κ1) is 28.8. The SMILES string of the molecule is N#Cc1ccc2c(c1)c1cccc(C#N)c1n2-c1ccccc1-c1ccccc1-c1cc(-n2c3ccccc3c3ccccc32)ccc1C#N. The average Bonchev–Trinajstić information content (AvgIpc) is 3.70. The van der Waals surface area contributed by atoms with Crippen LogP contribution in [-0.2, 0) is 0 Å². The first-order valence-corrected chi connectivity index (χ1v) is 16.3. The molecule has 0 aliphatic rings. The van der Waals surface area contributed by atoms with Crippen LogP contribution >= 0.6 is 0 Å². The summed E-state index contributed by atoms with van der Waals surface area (Å²) in [5, 5.41) is 34.6. The van der Waals surface area contributed by atoms with Crippen LogP contribution in [0.5, 0.6) is 0 Å². The normalized spacial score (nSPS) is 11.1. The summed E-state index contributed by atoms with van der Waals surface area (Å²) in [6.07, 6.45) is 0. The van der Waals surface area contributed by atoms with Crippen molar-refractivity contribution in [1.29, 1.82) is 15.8 Å². The zero-order valence-electron chi connectivity index (χ0n) is 26.7. The molecule has 0 aliphatic carbocycles. The monoisotopic (exact) mass is 635 g/mol. The van der Waals surface area contributed by atoms with Gasteiger partial charge in [0.25, 0.3) is 0 Å². The number of nitrogens with zero attached hydrogens (tertiary/aromatic N) is 5. The molecule has 7 aromatic carbocycles. The van der Waals surface area contributed by atoms with E-state index in [1.807, 2.05) is 72.8 Å². The first-order valence-electron chi connectivity index (χ1n) is 16.3. The van der Waals surface area contributed by atoms with E-state index in [1.54, 1.807) is 0 Å². The molecule has 0 atom stereocenters. The Bertz CT molecular complexity index is 2920. The summed E-state index contributed by atoms with van der Waals surface area (Å²) in [6.45, 7) is 0. The summed E-state index contributed by atoms with van der Waals surface area (Å²) >= 11 is 0. The molecule has 2 heterocycles. The van der Waals surface area contributed by atoms with Crippen molar-refractivity contribution in [3.63, 3.8) is 0 Å². The Labute approximate surface area is 287 Å². The first-order chi connectivity index (χ1) is 24.7. The standard InChI is InChI=1S/C45H25N5/c46-26-29-20-23-44-40(24-29)38-16-9-10-31(28-48)45(38)50(44)43-19-8-3-13-35(43)33-11-1-2-12-34(33)39-25-32(22-21-30(39)27-47)49-41-17-6-4-14-36(41)37-15-5-7-18-42(37)49/h1-25H. The van der Waals surface area contributed by atoms with Gasteiger partial charge < -0.3 is 9.13 Å². The third-order valence-electron chi connectivity index (χ3n) is 9.65. The fraction of sp³-hybridized carbons (Fsp3) is 0. The minimum absolute atomic E-state index is 0.547. The van der Waals surface area contributed by atoms with Crippen LogP contribution in [0.25, 0.3) is 77.2 Å². The molecule has 0 unspecified atom stereocenters. The van der Waals surface area contributed by atoms with Gasteiger partial charge in [0.15, 0.2) is 0 Å². The van der Waals surface area contributed by atoms with E-state index in [9.17, 15) is 15.8 Å². The molecule has 230 valence electrons. The Morgan fingerprint density at radius 3 is 1.68 bits per heavy atom. The van der Waals surface area contributed by atoms with E-state index in [-0.39, 0.29) is 0 Å². The second kappa shape index (κ2) is 11.4. The van der Waals surface area contributed by atoms with E-state index in [4.69, 9.17) is 0 Å². The number of hydrogen-bond donors (Lipinski definition) is 0. The maximum atomic E-state index is 10.4. The van der Waals surface area contributed by atoms with Gasteiger partial charge in [-0.2, -0.15) is 15.8 Å². The lowest BCUT2D eigenvalue weighted by Crippen LogP contribution is -2.00.